The van der Waals surface area contributed by atoms with Crippen LogP contribution in [-0.4, -0.2) is 19.7 Å². The molecule has 0 bridgehead atoms. The van der Waals surface area contributed by atoms with Crippen LogP contribution in [0.25, 0.3) is 11.0 Å². The van der Waals surface area contributed by atoms with Crippen molar-refractivity contribution in [3.05, 3.63) is 12.5 Å². The van der Waals surface area contributed by atoms with Crippen LogP contribution in [0.1, 0.15) is 20.8 Å². The molecule has 0 aliphatic carbocycles. The third kappa shape index (κ3) is 1.87. The quantitative estimate of drug-likeness (QED) is 0.742. The van der Waals surface area contributed by atoms with E-state index >= 15 is 0 Å². The number of fused-ring (bicyclic) bond motifs is 1. The van der Waals surface area contributed by atoms with Gasteiger partial charge in [-0.2, -0.15) is 5.10 Å². The Morgan fingerprint density at radius 2 is 1.93 bits per heavy atom. The molecule has 0 saturated carbocycles. The fraction of sp³-hybridized carbons (Fsp3) is 0.444. The van der Waals surface area contributed by atoms with Gasteiger partial charge in [0.2, 0.25) is 0 Å². The van der Waals surface area contributed by atoms with Gasteiger partial charge in [0.05, 0.1) is 17.1 Å². The smallest absolute Gasteiger partial charge is 0.163 e. The molecular formula is C9H14ClN5. The van der Waals surface area contributed by atoms with Gasteiger partial charge in [0.25, 0.3) is 0 Å². The highest BCUT2D eigenvalue weighted by Gasteiger charge is 2.18. The Labute approximate surface area is 94.1 Å². The zero-order valence-corrected chi connectivity index (χ0v) is 9.75. The molecule has 0 aliphatic rings. The molecule has 5 nitrogen and oxygen atoms in total. The summed E-state index contributed by atoms with van der Waals surface area (Å²) in [7, 11) is 0. The average Bonchev–Trinajstić information content (AvgIpc) is 2.47. The summed E-state index contributed by atoms with van der Waals surface area (Å²) >= 11 is 0. The predicted octanol–water partition coefficient (Wildman–Crippen LogP) is 1.59. The Balaban J connectivity index is 0.00000112. The molecule has 0 unspecified atom stereocenters. The van der Waals surface area contributed by atoms with Gasteiger partial charge in [0.1, 0.15) is 12.1 Å². The van der Waals surface area contributed by atoms with Crippen LogP contribution in [0.5, 0.6) is 0 Å². The molecule has 0 saturated heterocycles. The lowest BCUT2D eigenvalue weighted by Crippen LogP contribution is -2.23. The summed E-state index contributed by atoms with van der Waals surface area (Å²) in [5.41, 5.74) is 6.40. The summed E-state index contributed by atoms with van der Waals surface area (Å²) in [5.74, 6) is 0.477. The number of halogens is 1. The number of hydrogen-bond donors (Lipinski definition) is 1. The summed E-state index contributed by atoms with van der Waals surface area (Å²) < 4.78 is 1.85. The van der Waals surface area contributed by atoms with Crippen LogP contribution in [-0.2, 0) is 5.54 Å². The molecule has 15 heavy (non-hydrogen) atoms. The molecule has 0 aromatic carbocycles. The van der Waals surface area contributed by atoms with Gasteiger partial charge in [0.15, 0.2) is 5.65 Å². The minimum atomic E-state index is -0.0947. The van der Waals surface area contributed by atoms with E-state index in [-0.39, 0.29) is 17.9 Å². The van der Waals surface area contributed by atoms with Gasteiger partial charge < -0.3 is 5.73 Å². The van der Waals surface area contributed by atoms with E-state index < -0.39 is 0 Å². The first-order chi connectivity index (χ1) is 6.50. The molecule has 2 aromatic rings. The average molecular weight is 228 g/mol. The normalized spacial score (nSPS) is 11.4. The summed E-state index contributed by atoms with van der Waals surface area (Å²) in [6.45, 7) is 6.20. The maximum absolute atomic E-state index is 5.71. The number of anilines is 1. The summed E-state index contributed by atoms with van der Waals surface area (Å²) in [4.78, 5) is 8.09. The zero-order valence-electron chi connectivity index (χ0n) is 8.93. The summed E-state index contributed by atoms with van der Waals surface area (Å²) in [5, 5.41) is 5.07. The van der Waals surface area contributed by atoms with Gasteiger partial charge in [-0.05, 0) is 20.8 Å². The lowest BCUT2D eigenvalue weighted by Gasteiger charge is -2.19. The van der Waals surface area contributed by atoms with E-state index in [9.17, 15) is 0 Å². The van der Waals surface area contributed by atoms with Crippen molar-refractivity contribution >= 4 is 29.3 Å². The van der Waals surface area contributed by atoms with Gasteiger partial charge in [-0.15, -0.1) is 12.4 Å². The minimum absolute atomic E-state index is 0. The van der Waals surface area contributed by atoms with Gasteiger partial charge in [-0.1, -0.05) is 0 Å². The van der Waals surface area contributed by atoms with Crippen LogP contribution >= 0.6 is 12.4 Å². The van der Waals surface area contributed by atoms with Crippen molar-refractivity contribution in [1.82, 2.24) is 19.7 Å². The fourth-order valence-corrected chi connectivity index (χ4v) is 1.35. The zero-order chi connectivity index (χ0) is 10.3. The third-order valence-corrected chi connectivity index (χ3v) is 2.03. The molecule has 0 atom stereocenters. The molecule has 2 heterocycles. The van der Waals surface area contributed by atoms with Crippen LogP contribution in [0.3, 0.4) is 0 Å². The van der Waals surface area contributed by atoms with Crippen molar-refractivity contribution in [1.29, 1.82) is 0 Å². The van der Waals surface area contributed by atoms with Crippen molar-refractivity contribution in [3.63, 3.8) is 0 Å². The number of hydrogen-bond acceptors (Lipinski definition) is 4. The lowest BCUT2D eigenvalue weighted by molar-refractivity contribution is 0.366. The Hall–Kier alpha value is -1.36. The maximum Gasteiger partial charge on any atom is 0.163 e. The minimum Gasteiger partial charge on any atom is -0.383 e. The Kier molecular flexibility index (Phi) is 2.86. The second-order valence-electron chi connectivity index (χ2n) is 4.22. The monoisotopic (exact) mass is 227 g/mol. The largest absolute Gasteiger partial charge is 0.383 e. The molecule has 2 N–H and O–H groups in total. The van der Waals surface area contributed by atoms with Crippen molar-refractivity contribution < 1.29 is 0 Å². The van der Waals surface area contributed by atoms with E-state index in [1.165, 1.54) is 6.33 Å². The highest BCUT2D eigenvalue weighted by atomic mass is 35.5. The highest BCUT2D eigenvalue weighted by molar-refractivity contribution is 5.85. The summed E-state index contributed by atoms with van der Waals surface area (Å²) in [6, 6.07) is 0. The van der Waals surface area contributed by atoms with E-state index in [1.54, 1.807) is 6.20 Å². The van der Waals surface area contributed by atoms with Crippen LogP contribution in [0, 0.1) is 0 Å². The van der Waals surface area contributed by atoms with Crippen molar-refractivity contribution in [2.75, 3.05) is 5.73 Å². The molecule has 0 radical (unpaired) electrons. The van der Waals surface area contributed by atoms with Crippen molar-refractivity contribution in [3.8, 4) is 0 Å². The van der Waals surface area contributed by atoms with Crippen LogP contribution < -0.4 is 5.73 Å². The third-order valence-electron chi connectivity index (χ3n) is 2.03. The Bertz CT molecular complexity index is 471. The molecule has 6 heteroatoms. The molecule has 0 aliphatic heterocycles. The fourth-order valence-electron chi connectivity index (χ4n) is 1.35. The number of nitrogens with two attached hydrogens (primary N) is 1. The molecule has 2 rings (SSSR count). The van der Waals surface area contributed by atoms with Gasteiger partial charge in [-0.3, -0.25) is 0 Å². The standard InChI is InChI=1S/C9H13N5.ClH/c1-9(2,3)14-8-6(4-13-14)7(10)11-5-12-8;/h4-5H,1-3H3,(H2,10,11,12);1H. The predicted molar refractivity (Wildman–Crippen MR) is 62.0 cm³/mol. The molecule has 0 fully saturated rings. The second-order valence-corrected chi connectivity index (χ2v) is 4.22. The van der Waals surface area contributed by atoms with E-state index in [1.807, 2.05) is 4.68 Å². The number of rotatable bonds is 0. The van der Waals surface area contributed by atoms with Crippen LogP contribution in [0.2, 0.25) is 0 Å². The molecule has 2 aromatic heterocycles. The Morgan fingerprint density at radius 1 is 1.27 bits per heavy atom. The summed E-state index contributed by atoms with van der Waals surface area (Å²) in [6.07, 6.45) is 3.16. The van der Waals surface area contributed by atoms with Crippen LogP contribution in [0.4, 0.5) is 5.82 Å². The highest BCUT2D eigenvalue weighted by Crippen LogP contribution is 2.21. The number of nitrogens with zero attached hydrogens (tertiary/aromatic N) is 4. The van der Waals surface area contributed by atoms with E-state index in [0.717, 1.165) is 11.0 Å². The van der Waals surface area contributed by atoms with Gasteiger partial charge >= 0.3 is 0 Å². The first-order valence-electron chi connectivity index (χ1n) is 4.45. The number of nitrogen functional groups attached to an aromatic ring is 1. The molecule has 0 spiro atoms. The SMILES string of the molecule is CC(C)(C)n1ncc2c(N)ncnc21.Cl. The van der Waals surface area contributed by atoms with E-state index in [4.69, 9.17) is 5.73 Å². The van der Waals surface area contributed by atoms with Crippen molar-refractivity contribution in [2.24, 2.45) is 0 Å². The Morgan fingerprint density at radius 3 is 2.53 bits per heavy atom. The molecular weight excluding hydrogens is 214 g/mol. The van der Waals surface area contributed by atoms with E-state index in [0.29, 0.717) is 5.82 Å². The number of aromatic nitrogens is 4. The first kappa shape index (κ1) is 11.7. The molecule has 82 valence electrons. The first-order valence-corrected chi connectivity index (χ1v) is 4.45. The van der Waals surface area contributed by atoms with E-state index in [2.05, 4.69) is 35.8 Å². The topological polar surface area (TPSA) is 69.6 Å². The van der Waals surface area contributed by atoms with Crippen molar-refractivity contribution in [2.45, 2.75) is 26.3 Å². The van der Waals surface area contributed by atoms with Gasteiger partial charge in [-0.25, -0.2) is 14.6 Å². The van der Waals surface area contributed by atoms with Crippen LogP contribution in [0.15, 0.2) is 12.5 Å². The lowest BCUT2D eigenvalue weighted by atomic mass is 10.1. The molecule has 0 amide bonds. The van der Waals surface area contributed by atoms with Gasteiger partial charge in [0, 0.05) is 0 Å². The maximum atomic E-state index is 5.71. The second kappa shape index (κ2) is 3.66.